The summed E-state index contributed by atoms with van der Waals surface area (Å²) in [6.07, 6.45) is 15.8. The van der Waals surface area contributed by atoms with Crippen LogP contribution in [0.3, 0.4) is 0 Å². The molecule has 0 amide bonds. The van der Waals surface area contributed by atoms with Crippen LogP contribution in [-0.4, -0.2) is 20.4 Å². The van der Waals surface area contributed by atoms with Gasteiger partial charge >= 0.3 is 0 Å². The van der Waals surface area contributed by atoms with Gasteiger partial charge in [-0.15, -0.1) is 0 Å². The number of nitrogens with one attached hydrogen (secondary N) is 1. The standard InChI is InChI=1S/C19H35NSi/c1-17(2)18(3,20-16-12-8-9-13-16)14-10-7-11-15-19(17,4)21(5)6/h8-9,12-13,16,20-21H,7,10-11,14-15H2,1-6H3. The molecule has 120 valence electrons. The van der Waals surface area contributed by atoms with Crippen LogP contribution in [0.25, 0.3) is 0 Å². The summed E-state index contributed by atoms with van der Waals surface area (Å²) < 4.78 is 0. The molecule has 2 heteroatoms. The van der Waals surface area contributed by atoms with Gasteiger partial charge < -0.3 is 5.32 Å². The summed E-state index contributed by atoms with van der Waals surface area (Å²) in [5, 5.41) is 4.53. The monoisotopic (exact) mass is 305 g/mol. The van der Waals surface area contributed by atoms with Crippen molar-refractivity contribution in [3.05, 3.63) is 24.3 Å². The third-order valence-corrected chi connectivity index (χ3v) is 10.7. The van der Waals surface area contributed by atoms with Crippen LogP contribution in [0.2, 0.25) is 18.1 Å². The van der Waals surface area contributed by atoms with Crippen molar-refractivity contribution in [3.8, 4) is 0 Å². The highest BCUT2D eigenvalue weighted by Crippen LogP contribution is 2.59. The topological polar surface area (TPSA) is 12.0 Å². The molecule has 0 bridgehead atoms. The molecule has 21 heavy (non-hydrogen) atoms. The second-order valence-electron chi connectivity index (χ2n) is 8.53. The molecule has 1 saturated carbocycles. The Morgan fingerprint density at radius 2 is 1.48 bits per heavy atom. The molecule has 0 aromatic carbocycles. The van der Waals surface area contributed by atoms with Crippen molar-refractivity contribution >= 4 is 8.80 Å². The highest BCUT2D eigenvalue weighted by Gasteiger charge is 2.54. The Kier molecular flexibility index (Phi) is 4.89. The van der Waals surface area contributed by atoms with E-state index in [1.165, 1.54) is 32.1 Å². The Balaban J connectivity index is 2.35. The van der Waals surface area contributed by atoms with Gasteiger partial charge in [-0.2, -0.15) is 0 Å². The van der Waals surface area contributed by atoms with Gasteiger partial charge in [-0.1, -0.05) is 77.4 Å². The summed E-state index contributed by atoms with van der Waals surface area (Å²) in [5.41, 5.74) is 0.536. The maximum atomic E-state index is 4.01. The number of rotatable bonds is 3. The van der Waals surface area contributed by atoms with Gasteiger partial charge in [-0.25, -0.2) is 0 Å². The molecule has 2 aliphatic rings. The van der Waals surface area contributed by atoms with E-state index in [1.807, 2.05) is 0 Å². The SMILES string of the molecule is C[SiH](C)C1(C)CCCCCC(C)(NC2C=CC=C2)C1(C)C. The first-order chi connectivity index (χ1) is 9.73. The van der Waals surface area contributed by atoms with Crippen molar-refractivity contribution < 1.29 is 0 Å². The average molecular weight is 306 g/mol. The third-order valence-electron chi connectivity index (χ3n) is 7.19. The van der Waals surface area contributed by atoms with Gasteiger partial charge in [-0.05, 0) is 30.2 Å². The summed E-state index contributed by atoms with van der Waals surface area (Å²) in [5.74, 6) is 0. The fraction of sp³-hybridized carbons (Fsp3) is 0.789. The molecule has 0 heterocycles. The Hall–Kier alpha value is -0.343. The highest BCUT2D eigenvalue weighted by molar-refractivity contribution is 6.59. The minimum absolute atomic E-state index is 0.211. The van der Waals surface area contributed by atoms with E-state index in [0.29, 0.717) is 16.5 Å². The quantitative estimate of drug-likeness (QED) is 0.718. The summed E-state index contributed by atoms with van der Waals surface area (Å²) >= 11 is 0. The smallest absolute Gasteiger partial charge is 0.0446 e. The summed E-state index contributed by atoms with van der Waals surface area (Å²) in [7, 11) is -0.746. The Morgan fingerprint density at radius 3 is 2.05 bits per heavy atom. The van der Waals surface area contributed by atoms with Crippen LogP contribution < -0.4 is 5.32 Å². The van der Waals surface area contributed by atoms with E-state index in [2.05, 4.69) is 70.4 Å². The predicted molar refractivity (Wildman–Crippen MR) is 97.7 cm³/mol. The van der Waals surface area contributed by atoms with E-state index in [9.17, 15) is 0 Å². The molecule has 0 aromatic rings. The summed E-state index contributed by atoms with van der Waals surface area (Å²) in [6.45, 7) is 15.3. The minimum atomic E-state index is -0.746. The van der Waals surface area contributed by atoms with Crippen molar-refractivity contribution in [2.45, 2.75) is 89.5 Å². The lowest BCUT2D eigenvalue weighted by Gasteiger charge is -2.59. The molecule has 2 aliphatic carbocycles. The van der Waals surface area contributed by atoms with E-state index >= 15 is 0 Å². The lowest BCUT2D eigenvalue weighted by molar-refractivity contribution is 0.0533. The Morgan fingerprint density at radius 1 is 0.905 bits per heavy atom. The van der Waals surface area contributed by atoms with E-state index < -0.39 is 8.80 Å². The van der Waals surface area contributed by atoms with Gasteiger partial charge in [0.15, 0.2) is 0 Å². The van der Waals surface area contributed by atoms with Crippen molar-refractivity contribution in [1.82, 2.24) is 5.32 Å². The lowest BCUT2D eigenvalue weighted by atomic mass is 9.60. The molecule has 0 saturated heterocycles. The molecule has 1 N–H and O–H groups in total. The van der Waals surface area contributed by atoms with Crippen LogP contribution in [0.4, 0.5) is 0 Å². The van der Waals surface area contributed by atoms with Gasteiger partial charge in [0, 0.05) is 20.4 Å². The summed E-state index contributed by atoms with van der Waals surface area (Å²) in [6, 6.07) is 0.423. The van der Waals surface area contributed by atoms with Crippen molar-refractivity contribution in [1.29, 1.82) is 0 Å². The molecule has 0 aromatic heterocycles. The molecular formula is C19H35NSi. The molecule has 1 fully saturated rings. The van der Waals surface area contributed by atoms with E-state index in [4.69, 9.17) is 0 Å². The number of allylic oxidation sites excluding steroid dienone is 2. The fourth-order valence-corrected chi connectivity index (χ4v) is 7.11. The van der Waals surface area contributed by atoms with Gasteiger partial charge in [0.05, 0.1) is 0 Å². The summed E-state index contributed by atoms with van der Waals surface area (Å²) in [4.78, 5) is 0. The molecule has 2 rings (SSSR count). The van der Waals surface area contributed by atoms with Crippen LogP contribution in [0.5, 0.6) is 0 Å². The number of hydrogen-bond acceptors (Lipinski definition) is 1. The van der Waals surface area contributed by atoms with Gasteiger partial charge in [-0.3, -0.25) is 0 Å². The zero-order chi connectivity index (χ0) is 15.7. The second-order valence-corrected chi connectivity index (χ2v) is 12.1. The first-order valence-corrected chi connectivity index (χ1v) is 11.7. The Labute approximate surface area is 133 Å². The van der Waals surface area contributed by atoms with Crippen LogP contribution in [0.1, 0.15) is 59.8 Å². The molecule has 0 spiro atoms. The van der Waals surface area contributed by atoms with Gasteiger partial charge in [0.2, 0.25) is 0 Å². The lowest BCUT2D eigenvalue weighted by Crippen LogP contribution is -2.62. The Bertz CT molecular complexity index is 411. The molecular weight excluding hydrogens is 270 g/mol. The highest BCUT2D eigenvalue weighted by atomic mass is 28.3. The maximum Gasteiger partial charge on any atom is 0.0446 e. The average Bonchev–Trinajstić information content (AvgIpc) is 2.89. The molecule has 2 unspecified atom stereocenters. The van der Waals surface area contributed by atoms with Crippen molar-refractivity contribution in [2.24, 2.45) is 5.41 Å². The normalized spacial score (nSPS) is 36.9. The van der Waals surface area contributed by atoms with E-state index in [1.54, 1.807) is 0 Å². The maximum absolute atomic E-state index is 4.01. The molecule has 1 nitrogen and oxygen atoms in total. The zero-order valence-electron chi connectivity index (χ0n) is 15.0. The third kappa shape index (κ3) is 2.94. The molecule has 0 aliphatic heterocycles. The molecule has 2 atom stereocenters. The molecule has 0 radical (unpaired) electrons. The predicted octanol–water partition coefficient (Wildman–Crippen LogP) is 5.07. The van der Waals surface area contributed by atoms with Crippen LogP contribution in [0.15, 0.2) is 24.3 Å². The van der Waals surface area contributed by atoms with Crippen LogP contribution in [-0.2, 0) is 0 Å². The first kappa shape index (κ1) is 17.0. The van der Waals surface area contributed by atoms with Gasteiger partial charge in [0.1, 0.15) is 0 Å². The van der Waals surface area contributed by atoms with E-state index in [-0.39, 0.29) is 5.54 Å². The van der Waals surface area contributed by atoms with Crippen LogP contribution in [0, 0.1) is 5.41 Å². The van der Waals surface area contributed by atoms with Crippen LogP contribution >= 0.6 is 0 Å². The first-order valence-electron chi connectivity index (χ1n) is 8.86. The minimum Gasteiger partial charge on any atom is -0.301 e. The fourth-order valence-electron chi connectivity index (χ4n) is 4.56. The van der Waals surface area contributed by atoms with E-state index in [0.717, 1.165) is 0 Å². The zero-order valence-corrected chi connectivity index (χ0v) is 16.2. The van der Waals surface area contributed by atoms with Crippen molar-refractivity contribution in [3.63, 3.8) is 0 Å². The largest absolute Gasteiger partial charge is 0.301 e. The second kappa shape index (κ2) is 6.04. The number of hydrogen-bond donors (Lipinski definition) is 1. The van der Waals surface area contributed by atoms with Gasteiger partial charge in [0.25, 0.3) is 0 Å². The van der Waals surface area contributed by atoms with Crippen molar-refractivity contribution in [2.75, 3.05) is 0 Å².